The molecule has 0 aromatic carbocycles. The SMILES string of the molecule is COC(=O)c1sc2nc(Cl)nc(NC(CO)C(=O)O)c2c1C. The van der Waals surface area contributed by atoms with Crippen LogP contribution in [0.15, 0.2) is 0 Å². The lowest BCUT2D eigenvalue weighted by Gasteiger charge is -2.13. The van der Waals surface area contributed by atoms with E-state index in [9.17, 15) is 9.59 Å². The fourth-order valence-corrected chi connectivity index (χ4v) is 3.17. The predicted octanol–water partition coefficient (Wildman–Crippen LogP) is 1.30. The third-order valence-electron chi connectivity index (χ3n) is 2.93. The number of aromatic nitrogens is 2. The molecule has 2 heterocycles. The number of aliphatic hydroxyl groups is 1. The molecule has 118 valence electrons. The molecule has 0 aliphatic heterocycles. The van der Waals surface area contributed by atoms with Gasteiger partial charge >= 0.3 is 11.9 Å². The second kappa shape index (κ2) is 6.42. The lowest BCUT2D eigenvalue weighted by atomic mass is 10.2. The molecule has 2 aromatic rings. The standard InChI is InChI=1S/C12H12ClN3O5S/c1-4-6-8(14-5(3-17)10(18)19)15-12(13)16-9(6)22-7(4)11(20)21-2/h5,17H,3H2,1-2H3,(H,18,19)(H,14,15,16). The first kappa shape index (κ1) is 16.4. The van der Waals surface area contributed by atoms with Gasteiger partial charge in [0.1, 0.15) is 21.6 Å². The van der Waals surface area contributed by atoms with E-state index in [0.717, 1.165) is 11.3 Å². The molecular weight excluding hydrogens is 334 g/mol. The maximum Gasteiger partial charge on any atom is 0.348 e. The highest BCUT2D eigenvalue weighted by Gasteiger charge is 2.23. The average Bonchev–Trinajstić information content (AvgIpc) is 2.80. The van der Waals surface area contributed by atoms with Gasteiger partial charge in [0, 0.05) is 0 Å². The Morgan fingerprint density at radius 3 is 2.68 bits per heavy atom. The van der Waals surface area contributed by atoms with Gasteiger partial charge in [0.2, 0.25) is 5.28 Å². The van der Waals surface area contributed by atoms with Crippen LogP contribution < -0.4 is 5.32 Å². The first-order valence-corrected chi connectivity index (χ1v) is 7.23. The first-order chi connectivity index (χ1) is 10.4. The summed E-state index contributed by atoms with van der Waals surface area (Å²) >= 11 is 6.89. The van der Waals surface area contributed by atoms with Crippen molar-refractivity contribution in [1.82, 2.24) is 9.97 Å². The highest BCUT2D eigenvalue weighted by molar-refractivity contribution is 7.20. The Morgan fingerprint density at radius 1 is 1.45 bits per heavy atom. The molecule has 0 saturated carbocycles. The zero-order valence-corrected chi connectivity index (χ0v) is 13.2. The Labute approximate surface area is 133 Å². The van der Waals surface area contributed by atoms with Gasteiger partial charge in [-0.1, -0.05) is 0 Å². The van der Waals surface area contributed by atoms with Crippen LogP contribution in [0.1, 0.15) is 15.2 Å². The summed E-state index contributed by atoms with van der Waals surface area (Å²) < 4.78 is 4.69. The number of carboxylic acids is 1. The molecule has 22 heavy (non-hydrogen) atoms. The van der Waals surface area contributed by atoms with Crippen LogP contribution >= 0.6 is 22.9 Å². The monoisotopic (exact) mass is 345 g/mol. The van der Waals surface area contributed by atoms with E-state index in [1.807, 2.05) is 0 Å². The number of methoxy groups -OCH3 is 1. The summed E-state index contributed by atoms with van der Waals surface area (Å²) in [6.45, 7) is 1.04. The number of nitrogens with one attached hydrogen (secondary N) is 1. The van der Waals surface area contributed by atoms with Crippen molar-refractivity contribution in [3.8, 4) is 0 Å². The van der Waals surface area contributed by atoms with Crippen molar-refractivity contribution < 1.29 is 24.5 Å². The molecule has 8 nitrogen and oxygen atoms in total. The topological polar surface area (TPSA) is 122 Å². The van der Waals surface area contributed by atoms with Gasteiger partial charge < -0.3 is 20.3 Å². The van der Waals surface area contributed by atoms with Crippen molar-refractivity contribution >= 4 is 50.9 Å². The molecule has 10 heteroatoms. The van der Waals surface area contributed by atoms with Crippen molar-refractivity contribution in [2.24, 2.45) is 0 Å². The van der Waals surface area contributed by atoms with Crippen molar-refractivity contribution in [2.75, 3.05) is 19.0 Å². The van der Waals surface area contributed by atoms with Crippen molar-refractivity contribution in [1.29, 1.82) is 0 Å². The number of carbonyl (C=O) groups is 2. The van der Waals surface area contributed by atoms with Crippen LogP contribution in [0.3, 0.4) is 0 Å². The molecular formula is C12H12ClN3O5S. The minimum atomic E-state index is -1.25. The smallest absolute Gasteiger partial charge is 0.348 e. The van der Waals surface area contributed by atoms with Gasteiger partial charge in [-0.05, 0) is 24.1 Å². The third-order valence-corrected chi connectivity index (χ3v) is 4.26. The van der Waals surface area contributed by atoms with Gasteiger partial charge in [-0.2, -0.15) is 0 Å². The van der Waals surface area contributed by atoms with E-state index < -0.39 is 24.6 Å². The second-order valence-corrected chi connectivity index (χ2v) is 5.62. The number of carboxylic acid groups (broad SMARTS) is 1. The highest BCUT2D eigenvalue weighted by atomic mass is 35.5. The zero-order chi connectivity index (χ0) is 16.4. The summed E-state index contributed by atoms with van der Waals surface area (Å²) in [5, 5.41) is 21.1. The molecule has 0 spiro atoms. The van der Waals surface area contributed by atoms with E-state index in [4.69, 9.17) is 26.6 Å². The predicted molar refractivity (Wildman–Crippen MR) is 80.6 cm³/mol. The molecule has 0 amide bonds. The van der Waals surface area contributed by atoms with Crippen LogP contribution in [0, 0.1) is 6.92 Å². The normalized spacial score (nSPS) is 12.2. The summed E-state index contributed by atoms with van der Waals surface area (Å²) in [7, 11) is 1.26. The molecule has 2 rings (SSSR count). The van der Waals surface area contributed by atoms with Crippen molar-refractivity contribution in [3.05, 3.63) is 15.7 Å². The van der Waals surface area contributed by atoms with Gasteiger partial charge in [-0.25, -0.2) is 19.6 Å². The number of fused-ring (bicyclic) bond motifs is 1. The summed E-state index contributed by atoms with van der Waals surface area (Å²) in [5.41, 5.74) is 0.549. The van der Waals surface area contributed by atoms with Crippen LogP contribution in [-0.2, 0) is 9.53 Å². The second-order valence-electron chi connectivity index (χ2n) is 4.29. The van der Waals surface area contributed by atoms with Gasteiger partial charge in [0.05, 0.1) is 19.1 Å². The fraction of sp³-hybridized carbons (Fsp3) is 0.333. The molecule has 0 bridgehead atoms. The quantitative estimate of drug-likeness (QED) is 0.547. The minimum absolute atomic E-state index is 0.102. The number of aliphatic hydroxyl groups excluding tert-OH is 1. The van der Waals surface area contributed by atoms with Crippen LogP contribution in [0.5, 0.6) is 0 Å². The van der Waals surface area contributed by atoms with E-state index in [-0.39, 0.29) is 11.1 Å². The maximum absolute atomic E-state index is 11.7. The summed E-state index contributed by atoms with van der Waals surface area (Å²) in [4.78, 5) is 31.5. The van der Waals surface area contributed by atoms with Crippen LogP contribution in [0.2, 0.25) is 5.28 Å². The van der Waals surface area contributed by atoms with E-state index >= 15 is 0 Å². The number of rotatable bonds is 5. The number of hydrogen-bond acceptors (Lipinski definition) is 8. The van der Waals surface area contributed by atoms with Crippen molar-refractivity contribution in [3.63, 3.8) is 0 Å². The lowest BCUT2D eigenvalue weighted by molar-refractivity contribution is -0.138. The number of esters is 1. The number of nitrogens with zero attached hydrogens (tertiary/aromatic N) is 2. The summed E-state index contributed by atoms with van der Waals surface area (Å²) in [6.07, 6.45) is 0. The lowest BCUT2D eigenvalue weighted by Crippen LogP contribution is -2.33. The number of ether oxygens (including phenoxy) is 1. The fourth-order valence-electron chi connectivity index (χ4n) is 1.86. The molecule has 0 fully saturated rings. The van der Waals surface area contributed by atoms with Gasteiger partial charge in [0.25, 0.3) is 0 Å². The first-order valence-electron chi connectivity index (χ1n) is 6.04. The molecule has 0 aliphatic carbocycles. The molecule has 3 N–H and O–H groups in total. The number of carbonyl (C=O) groups excluding carboxylic acids is 1. The Hall–Kier alpha value is -1.97. The Bertz CT molecular complexity index is 748. The molecule has 0 saturated heterocycles. The van der Waals surface area contributed by atoms with E-state index in [1.54, 1.807) is 6.92 Å². The Balaban J connectivity index is 2.60. The number of anilines is 1. The average molecular weight is 346 g/mol. The minimum Gasteiger partial charge on any atom is -0.480 e. The van der Waals surface area contributed by atoms with Crippen molar-refractivity contribution in [2.45, 2.75) is 13.0 Å². The van der Waals surface area contributed by atoms with Crippen LogP contribution in [-0.4, -0.2) is 51.9 Å². The number of aryl methyl sites for hydroxylation is 1. The maximum atomic E-state index is 11.7. The largest absolute Gasteiger partial charge is 0.480 e. The van der Waals surface area contributed by atoms with Gasteiger partial charge in [-0.15, -0.1) is 11.3 Å². The highest BCUT2D eigenvalue weighted by Crippen LogP contribution is 2.35. The molecule has 2 aromatic heterocycles. The molecule has 1 atom stereocenters. The van der Waals surface area contributed by atoms with E-state index in [1.165, 1.54) is 7.11 Å². The number of halogens is 1. The van der Waals surface area contributed by atoms with E-state index in [0.29, 0.717) is 20.7 Å². The van der Waals surface area contributed by atoms with Crippen LogP contribution in [0.25, 0.3) is 10.2 Å². The zero-order valence-electron chi connectivity index (χ0n) is 11.6. The Morgan fingerprint density at radius 2 is 2.14 bits per heavy atom. The van der Waals surface area contributed by atoms with E-state index in [2.05, 4.69) is 15.3 Å². The number of aliphatic carboxylic acids is 1. The van der Waals surface area contributed by atoms with Gasteiger partial charge in [0.15, 0.2) is 0 Å². The number of hydrogen-bond donors (Lipinski definition) is 3. The summed E-state index contributed by atoms with van der Waals surface area (Å²) in [5.74, 6) is -1.63. The molecule has 0 aliphatic rings. The number of thiophene rings is 1. The molecule has 0 radical (unpaired) electrons. The Kier molecular flexibility index (Phi) is 4.79. The van der Waals surface area contributed by atoms with Gasteiger partial charge in [-0.3, -0.25) is 0 Å². The summed E-state index contributed by atoms with van der Waals surface area (Å²) in [6, 6.07) is -1.25. The molecule has 1 unspecified atom stereocenters. The third kappa shape index (κ3) is 2.96. The van der Waals surface area contributed by atoms with Crippen LogP contribution in [0.4, 0.5) is 5.82 Å².